The van der Waals surface area contributed by atoms with Gasteiger partial charge in [0.05, 0.1) is 0 Å². The van der Waals surface area contributed by atoms with Crippen molar-refractivity contribution < 1.29 is 4.79 Å². The SMILES string of the molecule is C[C@]12CCC(=O)CC1CC[C@@H]1[C@H]2CC[C@]2(C)C(=N)CC[C@@H]12. The number of nitrogens with one attached hydrogen (secondary N) is 1. The van der Waals surface area contributed by atoms with Crippen molar-refractivity contribution in [2.24, 2.45) is 34.5 Å². The minimum absolute atomic E-state index is 0.217. The number of Topliss-reactive ketones (excluding diaryl/α,β-unsaturated/α-hetero) is 1. The Bertz CT molecular complexity index is 498. The quantitative estimate of drug-likeness (QED) is 0.694. The number of carbonyl (C=O) groups excluding carboxylic acids is 1. The van der Waals surface area contributed by atoms with Crippen molar-refractivity contribution in [2.45, 2.75) is 71.6 Å². The van der Waals surface area contributed by atoms with E-state index in [0.717, 1.165) is 49.1 Å². The van der Waals surface area contributed by atoms with Crippen LogP contribution in [0.3, 0.4) is 0 Å². The predicted octanol–water partition coefficient (Wildman–Crippen LogP) is 4.62. The molecule has 6 atom stereocenters. The minimum Gasteiger partial charge on any atom is -0.309 e. The average Bonchev–Trinajstić information content (AvgIpc) is 2.76. The summed E-state index contributed by atoms with van der Waals surface area (Å²) in [5.74, 6) is 3.60. The second-order valence-corrected chi connectivity index (χ2v) is 8.87. The smallest absolute Gasteiger partial charge is 0.133 e. The van der Waals surface area contributed by atoms with Crippen LogP contribution in [0, 0.1) is 39.9 Å². The molecule has 0 spiro atoms. The van der Waals surface area contributed by atoms with Crippen molar-refractivity contribution in [3.8, 4) is 0 Å². The van der Waals surface area contributed by atoms with Gasteiger partial charge in [-0.2, -0.15) is 0 Å². The maximum absolute atomic E-state index is 11.9. The lowest BCUT2D eigenvalue weighted by Crippen LogP contribution is -2.53. The van der Waals surface area contributed by atoms with Crippen LogP contribution in [0.2, 0.25) is 0 Å². The fraction of sp³-hybridized carbons (Fsp3) is 0.895. The van der Waals surface area contributed by atoms with Crippen LogP contribution in [0.5, 0.6) is 0 Å². The Morgan fingerprint density at radius 3 is 2.62 bits per heavy atom. The van der Waals surface area contributed by atoms with Crippen molar-refractivity contribution in [3.05, 3.63) is 0 Å². The average molecular weight is 287 g/mol. The Balaban J connectivity index is 1.65. The van der Waals surface area contributed by atoms with E-state index in [-0.39, 0.29) is 5.41 Å². The van der Waals surface area contributed by atoms with E-state index in [0.29, 0.717) is 17.1 Å². The normalized spacial score (nSPS) is 53.0. The molecule has 1 unspecified atom stereocenters. The van der Waals surface area contributed by atoms with Crippen LogP contribution in [0.25, 0.3) is 0 Å². The van der Waals surface area contributed by atoms with Gasteiger partial charge in [-0.3, -0.25) is 4.79 Å². The predicted molar refractivity (Wildman–Crippen MR) is 84.5 cm³/mol. The van der Waals surface area contributed by atoms with E-state index in [1.807, 2.05) is 0 Å². The van der Waals surface area contributed by atoms with E-state index < -0.39 is 0 Å². The number of fused-ring (bicyclic) bond motifs is 5. The summed E-state index contributed by atoms with van der Waals surface area (Å²) < 4.78 is 0. The Kier molecular flexibility index (Phi) is 2.94. The Labute approximate surface area is 128 Å². The summed E-state index contributed by atoms with van der Waals surface area (Å²) in [5.41, 5.74) is 1.68. The Morgan fingerprint density at radius 1 is 1.00 bits per heavy atom. The van der Waals surface area contributed by atoms with Crippen LogP contribution in [0.15, 0.2) is 0 Å². The van der Waals surface area contributed by atoms with E-state index in [9.17, 15) is 4.79 Å². The van der Waals surface area contributed by atoms with Gasteiger partial charge in [0.2, 0.25) is 0 Å². The Morgan fingerprint density at radius 2 is 1.81 bits per heavy atom. The lowest BCUT2D eigenvalue weighted by molar-refractivity contribution is -0.136. The summed E-state index contributed by atoms with van der Waals surface area (Å²) in [5, 5.41) is 8.39. The fourth-order valence-corrected chi connectivity index (χ4v) is 6.86. The van der Waals surface area contributed by atoms with Crippen molar-refractivity contribution in [1.82, 2.24) is 0 Å². The molecule has 0 amide bonds. The molecule has 2 nitrogen and oxygen atoms in total. The molecule has 116 valence electrons. The van der Waals surface area contributed by atoms with Crippen LogP contribution >= 0.6 is 0 Å². The van der Waals surface area contributed by atoms with Crippen LogP contribution < -0.4 is 0 Å². The molecule has 4 fully saturated rings. The summed E-state index contributed by atoms with van der Waals surface area (Å²) in [4.78, 5) is 11.9. The number of hydrogen-bond donors (Lipinski definition) is 1. The summed E-state index contributed by atoms with van der Waals surface area (Å²) in [6, 6.07) is 0. The molecule has 0 aliphatic heterocycles. The first kappa shape index (κ1) is 14.0. The lowest BCUT2D eigenvalue weighted by Gasteiger charge is -2.59. The van der Waals surface area contributed by atoms with Gasteiger partial charge in [0.1, 0.15) is 5.78 Å². The highest BCUT2D eigenvalue weighted by Gasteiger charge is 2.59. The molecular weight excluding hydrogens is 258 g/mol. The van der Waals surface area contributed by atoms with Crippen molar-refractivity contribution in [3.63, 3.8) is 0 Å². The molecule has 2 heteroatoms. The molecule has 4 aliphatic rings. The van der Waals surface area contributed by atoms with Gasteiger partial charge in [0.25, 0.3) is 0 Å². The molecular formula is C19H29NO. The molecule has 4 rings (SSSR count). The van der Waals surface area contributed by atoms with Gasteiger partial charge in [-0.15, -0.1) is 0 Å². The highest BCUT2D eigenvalue weighted by molar-refractivity contribution is 5.89. The van der Waals surface area contributed by atoms with Crippen LogP contribution in [0.4, 0.5) is 0 Å². The molecule has 4 saturated carbocycles. The second-order valence-electron chi connectivity index (χ2n) is 8.87. The molecule has 21 heavy (non-hydrogen) atoms. The second kappa shape index (κ2) is 4.43. The van der Waals surface area contributed by atoms with Crippen molar-refractivity contribution in [1.29, 1.82) is 5.41 Å². The highest BCUT2D eigenvalue weighted by Crippen LogP contribution is 2.65. The topological polar surface area (TPSA) is 40.9 Å². The summed E-state index contributed by atoms with van der Waals surface area (Å²) >= 11 is 0. The zero-order valence-corrected chi connectivity index (χ0v) is 13.6. The first-order valence-corrected chi connectivity index (χ1v) is 9.05. The van der Waals surface area contributed by atoms with Gasteiger partial charge < -0.3 is 5.41 Å². The highest BCUT2D eigenvalue weighted by atomic mass is 16.1. The molecule has 0 radical (unpaired) electrons. The van der Waals surface area contributed by atoms with Gasteiger partial charge in [0.15, 0.2) is 0 Å². The van der Waals surface area contributed by atoms with Gasteiger partial charge in [0, 0.05) is 24.0 Å². The number of ketones is 1. The van der Waals surface area contributed by atoms with Crippen molar-refractivity contribution >= 4 is 11.5 Å². The Hall–Kier alpha value is -0.660. The third-order valence-electron chi connectivity index (χ3n) is 8.27. The number of hydrogen-bond acceptors (Lipinski definition) is 2. The van der Waals surface area contributed by atoms with E-state index in [2.05, 4.69) is 13.8 Å². The van der Waals surface area contributed by atoms with E-state index >= 15 is 0 Å². The minimum atomic E-state index is 0.217. The zero-order valence-electron chi connectivity index (χ0n) is 13.6. The van der Waals surface area contributed by atoms with E-state index in [1.54, 1.807) is 0 Å². The van der Waals surface area contributed by atoms with Crippen LogP contribution in [-0.2, 0) is 4.79 Å². The van der Waals surface area contributed by atoms with Gasteiger partial charge in [-0.1, -0.05) is 13.8 Å². The summed E-state index contributed by atoms with van der Waals surface area (Å²) in [6.07, 6.45) is 10.3. The first-order chi connectivity index (χ1) is 9.95. The van der Waals surface area contributed by atoms with Crippen LogP contribution in [-0.4, -0.2) is 11.5 Å². The maximum atomic E-state index is 11.9. The summed E-state index contributed by atoms with van der Waals surface area (Å²) in [7, 11) is 0. The third-order valence-corrected chi connectivity index (χ3v) is 8.27. The van der Waals surface area contributed by atoms with Gasteiger partial charge in [-0.25, -0.2) is 0 Å². The largest absolute Gasteiger partial charge is 0.309 e. The van der Waals surface area contributed by atoms with E-state index in [1.165, 1.54) is 32.1 Å². The molecule has 0 bridgehead atoms. The van der Waals surface area contributed by atoms with Crippen molar-refractivity contribution in [2.75, 3.05) is 0 Å². The molecule has 0 heterocycles. The van der Waals surface area contributed by atoms with Gasteiger partial charge >= 0.3 is 0 Å². The number of rotatable bonds is 0. The molecule has 0 saturated heterocycles. The zero-order chi connectivity index (χ0) is 14.8. The standard InChI is InChI=1S/C19H29NO/c1-18-9-7-13(21)11-12(18)3-4-14-15-5-6-17(20)19(15,2)10-8-16(14)18/h12,14-16,20H,3-11H2,1-2H3/t12?,14-,15-,16+,18-,19-/m0/s1. The number of carbonyl (C=O) groups is 1. The van der Waals surface area contributed by atoms with Gasteiger partial charge in [-0.05, 0) is 74.0 Å². The maximum Gasteiger partial charge on any atom is 0.133 e. The molecule has 0 aromatic carbocycles. The lowest BCUT2D eigenvalue weighted by atomic mass is 9.45. The van der Waals surface area contributed by atoms with Crippen LogP contribution in [0.1, 0.15) is 71.6 Å². The molecule has 0 aromatic heterocycles. The fourth-order valence-electron chi connectivity index (χ4n) is 6.86. The van der Waals surface area contributed by atoms with E-state index in [4.69, 9.17) is 5.41 Å². The first-order valence-electron chi connectivity index (χ1n) is 9.05. The molecule has 4 aliphatic carbocycles. The molecule has 0 aromatic rings. The summed E-state index contributed by atoms with van der Waals surface area (Å²) in [6.45, 7) is 4.88. The molecule has 1 N–H and O–H groups in total. The third kappa shape index (κ3) is 1.77. The monoisotopic (exact) mass is 287 g/mol.